The second-order valence-corrected chi connectivity index (χ2v) is 6.68. The molecule has 8 heteroatoms. The summed E-state index contributed by atoms with van der Waals surface area (Å²) in [4.78, 5) is 11.5. The molecule has 0 amide bonds. The Balaban J connectivity index is 3.19. The minimum absolute atomic E-state index is 0.0464. The first kappa shape index (κ1) is 17.5. The van der Waals surface area contributed by atoms with E-state index in [1.807, 2.05) is 6.92 Å². The first-order valence-electron chi connectivity index (χ1n) is 6.29. The predicted molar refractivity (Wildman–Crippen MR) is 83.4 cm³/mol. The lowest BCUT2D eigenvalue weighted by Crippen LogP contribution is -2.36. The molecule has 0 aliphatic heterocycles. The fraction of sp³-hybridized carbons (Fsp3) is 0.385. The molecule has 0 radical (unpaired) electrons. The van der Waals surface area contributed by atoms with Crippen LogP contribution in [0.5, 0.6) is 0 Å². The second kappa shape index (κ2) is 7.48. The molecule has 6 nitrogen and oxygen atoms in total. The average Bonchev–Trinajstić information content (AvgIpc) is 2.46. The molecular weight excluding hydrogens is 312 g/mol. The van der Waals surface area contributed by atoms with Crippen molar-refractivity contribution in [3.63, 3.8) is 0 Å². The van der Waals surface area contributed by atoms with Crippen LogP contribution in [0.3, 0.4) is 0 Å². The van der Waals surface area contributed by atoms with E-state index in [2.05, 4.69) is 4.74 Å². The van der Waals surface area contributed by atoms with Crippen LogP contribution in [0.1, 0.15) is 18.9 Å². The van der Waals surface area contributed by atoms with E-state index in [1.165, 1.54) is 19.2 Å². The maximum Gasteiger partial charge on any atom is 0.321 e. The van der Waals surface area contributed by atoms with Gasteiger partial charge in [-0.25, -0.2) is 8.42 Å². The summed E-state index contributed by atoms with van der Waals surface area (Å²) in [7, 11) is -2.59. The lowest BCUT2D eigenvalue weighted by atomic mass is 10.2. The third-order valence-electron chi connectivity index (χ3n) is 2.76. The summed E-state index contributed by atoms with van der Waals surface area (Å²) in [6, 6.07) is 6.03. The van der Waals surface area contributed by atoms with Crippen LogP contribution in [0.4, 0.5) is 0 Å². The van der Waals surface area contributed by atoms with Crippen molar-refractivity contribution in [3.05, 3.63) is 29.8 Å². The molecule has 0 aliphatic carbocycles. The Kier molecular flexibility index (Phi) is 6.25. The van der Waals surface area contributed by atoms with Gasteiger partial charge in [0.05, 0.1) is 12.0 Å². The summed E-state index contributed by atoms with van der Waals surface area (Å²) >= 11 is 4.85. The van der Waals surface area contributed by atoms with Gasteiger partial charge < -0.3 is 10.5 Å². The first-order chi connectivity index (χ1) is 9.82. The largest absolute Gasteiger partial charge is 0.468 e. The summed E-state index contributed by atoms with van der Waals surface area (Å²) in [6.45, 7) is 1.71. The summed E-state index contributed by atoms with van der Waals surface area (Å²) < 4.78 is 30.8. The number of thiocarbonyl (C=S) groups is 1. The lowest BCUT2D eigenvalue weighted by Gasteiger charge is -2.20. The number of carbonyl (C=O) groups excluding carboxylic acids is 1. The van der Waals surface area contributed by atoms with Crippen molar-refractivity contribution in [2.24, 2.45) is 5.73 Å². The standard InChI is InChI=1S/C13H18N2O4S2/c1-3-7-15(9-12(16)19-2)21(17,18)11-6-4-5-10(8-11)13(14)20/h4-6,8H,3,7,9H2,1-2H3,(H2,14,20). The zero-order valence-electron chi connectivity index (χ0n) is 11.9. The van der Waals surface area contributed by atoms with Gasteiger partial charge in [0.1, 0.15) is 11.5 Å². The number of ether oxygens (including phenoxy) is 1. The van der Waals surface area contributed by atoms with Gasteiger partial charge in [0, 0.05) is 12.1 Å². The van der Waals surface area contributed by atoms with Crippen LogP contribution in [0.25, 0.3) is 0 Å². The molecule has 1 rings (SSSR count). The van der Waals surface area contributed by atoms with Gasteiger partial charge in [-0.3, -0.25) is 4.79 Å². The fourth-order valence-electron chi connectivity index (χ4n) is 1.70. The maximum absolute atomic E-state index is 12.6. The molecule has 0 fully saturated rings. The Labute approximate surface area is 129 Å². The van der Waals surface area contributed by atoms with Gasteiger partial charge >= 0.3 is 5.97 Å². The van der Waals surface area contributed by atoms with Crippen molar-refractivity contribution in [2.75, 3.05) is 20.2 Å². The predicted octanol–water partition coefficient (Wildman–Crippen LogP) is 0.895. The number of hydrogen-bond donors (Lipinski definition) is 1. The maximum atomic E-state index is 12.6. The van der Waals surface area contributed by atoms with Gasteiger partial charge in [-0.15, -0.1) is 0 Å². The third kappa shape index (κ3) is 4.48. The van der Waals surface area contributed by atoms with Gasteiger partial charge in [0.2, 0.25) is 10.0 Å². The number of carbonyl (C=O) groups is 1. The van der Waals surface area contributed by atoms with Crippen LogP contribution < -0.4 is 5.73 Å². The minimum atomic E-state index is -3.81. The average molecular weight is 330 g/mol. The van der Waals surface area contributed by atoms with E-state index in [0.29, 0.717) is 12.0 Å². The van der Waals surface area contributed by atoms with Crippen LogP contribution >= 0.6 is 12.2 Å². The van der Waals surface area contributed by atoms with E-state index in [1.54, 1.807) is 12.1 Å². The molecule has 0 aliphatic rings. The number of methoxy groups -OCH3 is 1. The Morgan fingerprint density at radius 1 is 1.43 bits per heavy atom. The molecule has 21 heavy (non-hydrogen) atoms. The van der Waals surface area contributed by atoms with Gasteiger partial charge in [0.25, 0.3) is 0 Å². The van der Waals surface area contributed by atoms with E-state index >= 15 is 0 Å². The minimum Gasteiger partial charge on any atom is -0.468 e. The Bertz CT molecular complexity index is 629. The van der Waals surface area contributed by atoms with Crippen molar-refractivity contribution in [3.8, 4) is 0 Å². The van der Waals surface area contributed by atoms with Crippen LogP contribution in [-0.2, 0) is 19.6 Å². The summed E-state index contributed by atoms with van der Waals surface area (Å²) in [6.07, 6.45) is 0.575. The van der Waals surface area contributed by atoms with Crippen LogP contribution in [0.2, 0.25) is 0 Å². The zero-order valence-corrected chi connectivity index (χ0v) is 13.5. The highest BCUT2D eigenvalue weighted by molar-refractivity contribution is 7.89. The SMILES string of the molecule is CCCN(CC(=O)OC)S(=O)(=O)c1cccc(C(N)=S)c1. The van der Waals surface area contributed by atoms with Gasteiger partial charge in [-0.05, 0) is 18.6 Å². The van der Waals surface area contributed by atoms with Crippen LogP contribution in [-0.4, -0.2) is 43.9 Å². The molecule has 2 N–H and O–H groups in total. The summed E-state index contributed by atoms with van der Waals surface area (Å²) in [5.41, 5.74) is 5.97. The number of nitrogens with zero attached hydrogens (tertiary/aromatic N) is 1. The van der Waals surface area contributed by atoms with E-state index in [-0.39, 0.29) is 23.0 Å². The van der Waals surface area contributed by atoms with Crippen molar-refractivity contribution in [1.29, 1.82) is 0 Å². The lowest BCUT2D eigenvalue weighted by molar-refractivity contribution is -0.140. The highest BCUT2D eigenvalue weighted by atomic mass is 32.2. The molecule has 0 bridgehead atoms. The van der Waals surface area contributed by atoms with E-state index < -0.39 is 16.0 Å². The number of hydrogen-bond acceptors (Lipinski definition) is 5. The van der Waals surface area contributed by atoms with Crippen molar-refractivity contribution in [1.82, 2.24) is 4.31 Å². The monoisotopic (exact) mass is 330 g/mol. The smallest absolute Gasteiger partial charge is 0.321 e. The fourth-order valence-corrected chi connectivity index (χ4v) is 3.35. The molecule has 0 unspecified atom stereocenters. The van der Waals surface area contributed by atoms with Crippen LogP contribution in [0, 0.1) is 0 Å². The summed E-state index contributed by atoms with van der Waals surface area (Å²) in [5.74, 6) is -0.613. The molecule has 0 saturated carbocycles. The van der Waals surface area contributed by atoms with Crippen molar-refractivity contribution in [2.45, 2.75) is 18.2 Å². The Hall–Kier alpha value is -1.51. The second-order valence-electron chi connectivity index (χ2n) is 4.31. The van der Waals surface area contributed by atoms with Crippen molar-refractivity contribution >= 4 is 33.2 Å². The van der Waals surface area contributed by atoms with Gasteiger partial charge in [-0.2, -0.15) is 4.31 Å². The van der Waals surface area contributed by atoms with E-state index in [0.717, 1.165) is 4.31 Å². The zero-order chi connectivity index (χ0) is 16.0. The Morgan fingerprint density at radius 2 is 2.10 bits per heavy atom. The first-order valence-corrected chi connectivity index (χ1v) is 8.14. The summed E-state index contributed by atoms with van der Waals surface area (Å²) in [5, 5.41) is 0. The number of sulfonamides is 1. The molecule has 0 saturated heterocycles. The molecular formula is C13H18N2O4S2. The number of esters is 1. The molecule has 0 heterocycles. The Morgan fingerprint density at radius 3 is 2.62 bits per heavy atom. The van der Waals surface area contributed by atoms with Gasteiger partial charge in [0.15, 0.2) is 0 Å². The number of nitrogens with two attached hydrogens (primary N) is 1. The molecule has 0 spiro atoms. The van der Waals surface area contributed by atoms with E-state index in [9.17, 15) is 13.2 Å². The molecule has 0 atom stereocenters. The van der Waals surface area contributed by atoms with Crippen LogP contribution in [0.15, 0.2) is 29.2 Å². The molecule has 0 aromatic heterocycles. The topological polar surface area (TPSA) is 89.7 Å². The molecule has 1 aromatic carbocycles. The quantitative estimate of drug-likeness (QED) is 0.590. The normalized spacial score (nSPS) is 11.4. The third-order valence-corrected chi connectivity index (χ3v) is 4.84. The van der Waals surface area contributed by atoms with Gasteiger partial charge in [-0.1, -0.05) is 31.3 Å². The molecule has 1 aromatic rings. The highest BCUT2D eigenvalue weighted by Gasteiger charge is 2.26. The number of rotatable bonds is 7. The highest BCUT2D eigenvalue weighted by Crippen LogP contribution is 2.17. The number of benzene rings is 1. The molecule has 116 valence electrons. The van der Waals surface area contributed by atoms with Crippen molar-refractivity contribution < 1.29 is 17.9 Å². The van der Waals surface area contributed by atoms with E-state index in [4.69, 9.17) is 18.0 Å².